The van der Waals surface area contributed by atoms with Crippen molar-refractivity contribution in [3.05, 3.63) is 0 Å². The van der Waals surface area contributed by atoms with E-state index in [0.29, 0.717) is 13.1 Å². The quantitative estimate of drug-likeness (QED) is 0.836. The van der Waals surface area contributed by atoms with E-state index in [4.69, 9.17) is 10.5 Å². The zero-order chi connectivity index (χ0) is 13.9. The second kappa shape index (κ2) is 5.59. The molecule has 18 heavy (non-hydrogen) atoms. The summed E-state index contributed by atoms with van der Waals surface area (Å²) in [5.41, 5.74) is 4.89. The van der Waals surface area contributed by atoms with Gasteiger partial charge in [-0.3, -0.25) is 4.79 Å². The maximum atomic E-state index is 11.9. The normalized spacial score (nSPS) is 21.8. The summed E-state index contributed by atoms with van der Waals surface area (Å²) < 4.78 is 5.31. The summed E-state index contributed by atoms with van der Waals surface area (Å²) in [5, 5.41) is 0. The van der Waals surface area contributed by atoms with Crippen molar-refractivity contribution >= 4 is 12.0 Å². The maximum absolute atomic E-state index is 11.9. The Morgan fingerprint density at radius 1 is 1.44 bits per heavy atom. The minimum absolute atomic E-state index is 0.141. The van der Waals surface area contributed by atoms with Gasteiger partial charge in [-0.15, -0.1) is 0 Å². The number of ether oxygens (including phenoxy) is 1. The van der Waals surface area contributed by atoms with Gasteiger partial charge in [-0.1, -0.05) is 6.92 Å². The number of carbonyl (C=O) groups excluding carboxylic acids is 2. The van der Waals surface area contributed by atoms with Gasteiger partial charge in [-0.25, -0.2) is 4.79 Å². The first-order chi connectivity index (χ1) is 8.24. The van der Waals surface area contributed by atoms with E-state index >= 15 is 0 Å². The third-order valence-electron chi connectivity index (χ3n) is 3.25. The first-order valence-electron chi connectivity index (χ1n) is 6.52. The van der Waals surface area contributed by atoms with E-state index in [-0.39, 0.29) is 23.8 Å². The molecular weight excluding hydrogens is 232 g/mol. The third kappa shape index (κ3) is 3.89. The zero-order valence-electron chi connectivity index (χ0n) is 11.7. The van der Waals surface area contributed by atoms with Crippen LogP contribution in [0.3, 0.4) is 0 Å². The number of likely N-dealkylation sites (tertiary alicyclic amines) is 1. The maximum Gasteiger partial charge on any atom is 0.410 e. The molecule has 1 unspecified atom stereocenters. The number of amides is 2. The summed E-state index contributed by atoms with van der Waals surface area (Å²) >= 11 is 0. The molecular formula is C13H24N2O3. The summed E-state index contributed by atoms with van der Waals surface area (Å²) in [6, 6.07) is 0. The number of hydrogen-bond acceptors (Lipinski definition) is 3. The van der Waals surface area contributed by atoms with Gasteiger partial charge in [-0.2, -0.15) is 0 Å². The second-order valence-electron chi connectivity index (χ2n) is 5.89. The van der Waals surface area contributed by atoms with Gasteiger partial charge in [0.15, 0.2) is 0 Å². The van der Waals surface area contributed by atoms with Crippen molar-refractivity contribution in [3.8, 4) is 0 Å². The standard InChI is InChI=1S/C13H24N2O3/c1-5-10(11(14)16)9-6-7-15(8-9)12(17)18-13(2,3)4/h9-10H,5-8H2,1-4H3,(H2,14,16)/t9-,10?/m1/s1. The minimum Gasteiger partial charge on any atom is -0.444 e. The molecule has 0 aliphatic carbocycles. The van der Waals surface area contributed by atoms with Gasteiger partial charge < -0.3 is 15.4 Å². The Bertz CT molecular complexity index is 323. The lowest BCUT2D eigenvalue weighted by Gasteiger charge is -2.25. The Balaban J connectivity index is 2.55. The lowest BCUT2D eigenvalue weighted by molar-refractivity contribution is -0.123. The number of nitrogens with zero attached hydrogens (tertiary/aromatic N) is 1. The smallest absolute Gasteiger partial charge is 0.410 e. The highest BCUT2D eigenvalue weighted by atomic mass is 16.6. The molecule has 0 aromatic rings. The fraction of sp³-hybridized carbons (Fsp3) is 0.846. The van der Waals surface area contributed by atoms with Crippen molar-refractivity contribution < 1.29 is 14.3 Å². The van der Waals surface area contributed by atoms with Gasteiger partial charge in [0.25, 0.3) is 0 Å². The SMILES string of the molecule is CCC(C(N)=O)[C@@H]1CCN(C(=O)OC(C)(C)C)C1. The molecule has 0 saturated carbocycles. The largest absolute Gasteiger partial charge is 0.444 e. The highest BCUT2D eigenvalue weighted by Gasteiger charge is 2.35. The molecule has 0 spiro atoms. The van der Waals surface area contributed by atoms with Gasteiger partial charge in [0.1, 0.15) is 5.60 Å². The Morgan fingerprint density at radius 3 is 2.50 bits per heavy atom. The predicted octanol–water partition coefficient (Wildman–Crippen LogP) is 1.75. The average Bonchev–Trinajstić information content (AvgIpc) is 2.64. The molecule has 2 atom stereocenters. The van der Waals surface area contributed by atoms with Crippen molar-refractivity contribution in [3.63, 3.8) is 0 Å². The first-order valence-corrected chi connectivity index (χ1v) is 6.52. The lowest BCUT2D eigenvalue weighted by Crippen LogP contribution is -2.37. The molecule has 0 aromatic heterocycles. The van der Waals surface area contributed by atoms with Gasteiger partial charge in [0.2, 0.25) is 5.91 Å². The molecule has 5 nitrogen and oxygen atoms in total. The van der Waals surface area contributed by atoms with Crippen LogP contribution in [0.5, 0.6) is 0 Å². The summed E-state index contributed by atoms with van der Waals surface area (Å²) in [6.45, 7) is 8.69. The number of primary amides is 1. The van der Waals surface area contributed by atoms with E-state index in [0.717, 1.165) is 12.8 Å². The van der Waals surface area contributed by atoms with Crippen molar-refractivity contribution in [1.82, 2.24) is 4.90 Å². The molecule has 0 bridgehead atoms. The molecule has 2 N–H and O–H groups in total. The summed E-state index contributed by atoms with van der Waals surface area (Å²) in [5.74, 6) is -0.244. The number of hydrogen-bond donors (Lipinski definition) is 1. The fourth-order valence-electron chi connectivity index (χ4n) is 2.37. The van der Waals surface area contributed by atoms with Crippen LogP contribution in [0.1, 0.15) is 40.5 Å². The monoisotopic (exact) mass is 256 g/mol. The van der Waals surface area contributed by atoms with E-state index in [1.165, 1.54) is 0 Å². The van der Waals surface area contributed by atoms with E-state index in [2.05, 4.69) is 0 Å². The van der Waals surface area contributed by atoms with Gasteiger partial charge >= 0.3 is 6.09 Å². The average molecular weight is 256 g/mol. The fourth-order valence-corrected chi connectivity index (χ4v) is 2.37. The van der Waals surface area contributed by atoms with Crippen LogP contribution in [0, 0.1) is 11.8 Å². The third-order valence-corrected chi connectivity index (χ3v) is 3.25. The van der Waals surface area contributed by atoms with Gasteiger partial charge in [0.05, 0.1) is 0 Å². The van der Waals surface area contributed by atoms with Crippen molar-refractivity contribution in [2.75, 3.05) is 13.1 Å². The van der Waals surface area contributed by atoms with Crippen LogP contribution in [0.25, 0.3) is 0 Å². The summed E-state index contributed by atoms with van der Waals surface area (Å²) in [4.78, 5) is 24.9. The molecule has 1 aliphatic rings. The van der Waals surface area contributed by atoms with Crippen LogP contribution in [0.4, 0.5) is 4.79 Å². The Kier molecular flexibility index (Phi) is 4.59. The van der Waals surface area contributed by atoms with E-state index < -0.39 is 5.60 Å². The molecule has 1 heterocycles. The van der Waals surface area contributed by atoms with Crippen LogP contribution in [0.2, 0.25) is 0 Å². The topological polar surface area (TPSA) is 72.6 Å². The van der Waals surface area contributed by atoms with Crippen LogP contribution < -0.4 is 5.73 Å². The number of carbonyl (C=O) groups is 2. The Hall–Kier alpha value is -1.26. The molecule has 0 radical (unpaired) electrons. The van der Waals surface area contributed by atoms with Crippen molar-refractivity contribution in [1.29, 1.82) is 0 Å². The molecule has 0 aromatic carbocycles. The van der Waals surface area contributed by atoms with Crippen LogP contribution in [0.15, 0.2) is 0 Å². The second-order valence-corrected chi connectivity index (χ2v) is 5.89. The summed E-state index contributed by atoms with van der Waals surface area (Å²) in [7, 11) is 0. The van der Waals surface area contributed by atoms with Gasteiger partial charge in [0, 0.05) is 19.0 Å². The molecule has 2 amide bonds. The van der Waals surface area contributed by atoms with E-state index in [1.807, 2.05) is 27.7 Å². The molecule has 1 rings (SSSR count). The Labute approximate surface area is 109 Å². The number of nitrogens with two attached hydrogens (primary N) is 1. The summed E-state index contributed by atoms with van der Waals surface area (Å²) in [6.07, 6.45) is 1.24. The highest BCUT2D eigenvalue weighted by molar-refractivity contribution is 5.77. The van der Waals surface area contributed by atoms with Crippen molar-refractivity contribution in [2.45, 2.75) is 46.1 Å². The van der Waals surface area contributed by atoms with E-state index in [1.54, 1.807) is 4.90 Å². The Morgan fingerprint density at radius 2 is 2.06 bits per heavy atom. The molecule has 5 heteroatoms. The molecule has 1 saturated heterocycles. The van der Waals surface area contributed by atoms with Crippen LogP contribution in [-0.2, 0) is 9.53 Å². The molecule has 1 fully saturated rings. The first kappa shape index (κ1) is 14.8. The van der Waals surface area contributed by atoms with Crippen molar-refractivity contribution in [2.24, 2.45) is 17.6 Å². The van der Waals surface area contributed by atoms with Gasteiger partial charge in [-0.05, 0) is 39.5 Å². The minimum atomic E-state index is -0.483. The zero-order valence-corrected chi connectivity index (χ0v) is 11.7. The number of rotatable bonds is 3. The molecule has 104 valence electrons. The van der Waals surface area contributed by atoms with Crippen LogP contribution in [-0.4, -0.2) is 35.6 Å². The van der Waals surface area contributed by atoms with Crippen LogP contribution >= 0.6 is 0 Å². The molecule has 1 aliphatic heterocycles. The highest BCUT2D eigenvalue weighted by Crippen LogP contribution is 2.27. The van der Waals surface area contributed by atoms with E-state index in [9.17, 15) is 9.59 Å². The lowest BCUT2D eigenvalue weighted by atomic mass is 9.89. The predicted molar refractivity (Wildman–Crippen MR) is 68.9 cm³/mol.